The minimum Gasteiger partial charge on any atom is -0.454 e. The number of carbonyl (C=O) groups is 1. The van der Waals surface area contributed by atoms with Gasteiger partial charge in [0.25, 0.3) is 0 Å². The Morgan fingerprint density at radius 2 is 1.85 bits per heavy atom. The molecule has 4 nitrogen and oxygen atoms in total. The first kappa shape index (κ1) is 16.0. The van der Waals surface area contributed by atoms with E-state index in [1.807, 2.05) is 12.1 Å². The van der Waals surface area contributed by atoms with Gasteiger partial charge in [0.05, 0.1) is 6.04 Å². The molecule has 2 aromatic carbocycles. The lowest BCUT2D eigenvalue weighted by Crippen LogP contribution is -2.31. The van der Waals surface area contributed by atoms with Gasteiger partial charge in [-0.15, -0.1) is 0 Å². The van der Waals surface area contributed by atoms with Crippen LogP contribution in [0.15, 0.2) is 34.8 Å². The summed E-state index contributed by atoms with van der Waals surface area (Å²) in [5.74, 6) is 4.46. The van der Waals surface area contributed by atoms with Gasteiger partial charge in [0, 0.05) is 15.7 Å². The van der Waals surface area contributed by atoms with E-state index in [0.29, 0.717) is 11.8 Å². The minimum atomic E-state index is 0.139. The van der Waals surface area contributed by atoms with E-state index in [9.17, 15) is 4.79 Å². The molecular formula is C22H20BrNO3. The summed E-state index contributed by atoms with van der Waals surface area (Å²) in [5, 5.41) is 3.79. The summed E-state index contributed by atoms with van der Waals surface area (Å²) in [5.41, 5.74) is 4.56. The number of nitrogens with one attached hydrogen (secondary N) is 1. The zero-order valence-electron chi connectivity index (χ0n) is 15.0. The maximum Gasteiger partial charge on any atom is 0.231 e. The molecule has 4 aliphatic rings. The zero-order chi connectivity index (χ0) is 18.3. The van der Waals surface area contributed by atoms with Crippen molar-refractivity contribution in [3.63, 3.8) is 0 Å². The maximum absolute atomic E-state index is 11.9. The Hall–Kier alpha value is -2.01. The van der Waals surface area contributed by atoms with Crippen molar-refractivity contribution in [3.05, 3.63) is 51.5 Å². The summed E-state index contributed by atoms with van der Waals surface area (Å²) in [7, 11) is 0. The molecule has 0 radical (unpaired) electrons. The Kier molecular flexibility index (Phi) is 3.26. The summed E-state index contributed by atoms with van der Waals surface area (Å²) in [6, 6.07) is 10.6. The number of carbonyl (C=O) groups excluding carboxylic acids is 1. The average molecular weight is 426 g/mol. The molecule has 2 saturated carbocycles. The molecular weight excluding hydrogens is 406 g/mol. The number of benzene rings is 2. The Balaban J connectivity index is 1.46. The Morgan fingerprint density at radius 3 is 2.67 bits per heavy atom. The summed E-state index contributed by atoms with van der Waals surface area (Å²) in [6.45, 7) is 1.94. The van der Waals surface area contributed by atoms with Crippen LogP contribution in [0, 0.1) is 17.8 Å². The second-order valence-corrected chi connectivity index (χ2v) is 9.15. The highest BCUT2D eigenvalue weighted by Gasteiger charge is 2.58. The molecule has 138 valence electrons. The largest absolute Gasteiger partial charge is 0.454 e. The van der Waals surface area contributed by atoms with Crippen LogP contribution in [0.1, 0.15) is 53.2 Å². The summed E-state index contributed by atoms with van der Waals surface area (Å²) in [6.07, 6.45) is 2.58. The Labute approximate surface area is 166 Å². The van der Waals surface area contributed by atoms with Gasteiger partial charge in [-0.3, -0.25) is 4.79 Å². The van der Waals surface area contributed by atoms with E-state index in [-0.39, 0.29) is 18.6 Å². The van der Waals surface area contributed by atoms with E-state index < -0.39 is 0 Å². The van der Waals surface area contributed by atoms with E-state index in [1.165, 1.54) is 29.7 Å². The lowest BCUT2D eigenvalue weighted by Gasteiger charge is -2.39. The Bertz CT molecular complexity index is 988. The number of ketones is 1. The molecule has 0 amide bonds. The smallest absolute Gasteiger partial charge is 0.231 e. The molecule has 5 heteroatoms. The maximum atomic E-state index is 11.9. The highest BCUT2D eigenvalue weighted by atomic mass is 79.9. The van der Waals surface area contributed by atoms with Gasteiger partial charge in [0.2, 0.25) is 6.79 Å². The van der Waals surface area contributed by atoms with Crippen LogP contribution in [0.3, 0.4) is 0 Å². The van der Waals surface area contributed by atoms with E-state index in [0.717, 1.165) is 33.4 Å². The molecule has 2 aliphatic carbocycles. The minimum absolute atomic E-state index is 0.139. The van der Waals surface area contributed by atoms with E-state index >= 15 is 0 Å². The zero-order valence-corrected chi connectivity index (χ0v) is 16.6. The van der Waals surface area contributed by atoms with Crippen molar-refractivity contribution in [3.8, 4) is 11.5 Å². The van der Waals surface area contributed by atoms with Crippen molar-refractivity contribution in [2.45, 2.75) is 31.7 Å². The summed E-state index contributed by atoms with van der Waals surface area (Å²) >= 11 is 3.76. The molecule has 2 aliphatic heterocycles. The first-order chi connectivity index (χ1) is 13.1. The fourth-order valence-electron chi connectivity index (χ4n) is 5.54. The SMILES string of the molecule is CC(=O)c1ccc2c(c1)C1C3CC3CC1C(c1cc3c(cc1Br)OCO3)N2. The number of Topliss-reactive ketones (excluding diaryl/α,β-unsaturated/α-hetero) is 1. The monoisotopic (exact) mass is 425 g/mol. The second-order valence-electron chi connectivity index (χ2n) is 8.29. The van der Waals surface area contributed by atoms with Crippen molar-refractivity contribution in [1.29, 1.82) is 0 Å². The average Bonchev–Trinajstić information content (AvgIpc) is 3.09. The fourth-order valence-corrected chi connectivity index (χ4v) is 6.11. The molecule has 0 spiro atoms. The van der Waals surface area contributed by atoms with Crippen molar-refractivity contribution in [2.24, 2.45) is 17.8 Å². The molecule has 27 heavy (non-hydrogen) atoms. The molecule has 2 heterocycles. The molecule has 0 saturated heterocycles. The van der Waals surface area contributed by atoms with E-state index in [1.54, 1.807) is 6.92 Å². The van der Waals surface area contributed by atoms with Crippen LogP contribution in [0.25, 0.3) is 0 Å². The first-order valence-electron chi connectivity index (χ1n) is 9.60. The molecule has 0 aromatic heterocycles. The summed E-state index contributed by atoms with van der Waals surface area (Å²) < 4.78 is 12.2. The number of halogens is 1. The van der Waals surface area contributed by atoms with Gasteiger partial charge in [-0.2, -0.15) is 0 Å². The standard InChI is InChI=1S/C22H20BrNO3/c1-10(25)11-2-3-18-15(4-11)21-13-5-12(13)6-16(21)22(24-18)14-7-19-20(8-17(14)23)27-9-26-19/h2-4,7-8,12-13,16,21-22,24H,5-6,9H2,1H3. The van der Waals surface area contributed by atoms with E-state index in [2.05, 4.69) is 39.4 Å². The first-order valence-corrected chi connectivity index (χ1v) is 10.4. The number of hydrogen-bond acceptors (Lipinski definition) is 4. The third-order valence-electron chi connectivity index (χ3n) is 6.86. The van der Waals surface area contributed by atoms with Crippen molar-refractivity contribution >= 4 is 27.4 Å². The van der Waals surface area contributed by atoms with Gasteiger partial charge >= 0.3 is 0 Å². The van der Waals surface area contributed by atoms with Gasteiger partial charge in [0.15, 0.2) is 17.3 Å². The van der Waals surface area contributed by atoms with Crippen LogP contribution in [-0.2, 0) is 0 Å². The number of rotatable bonds is 2. The molecule has 5 unspecified atom stereocenters. The van der Waals surface area contributed by atoms with Crippen molar-refractivity contribution in [2.75, 3.05) is 12.1 Å². The topological polar surface area (TPSA) is 47.6 Å². The van der Waals surface area contributed by atoms with Crippen LogP contribution in [-0.4, -0.2) is 12.6 Å². The van der Waals surface area contributed by atoms with Gasteiger partial charge in [-0.1, -0.05) is 15.9 Å². The lowest BCUT2D eigenvalue weighted by atomic mass is 9.74. The highest BCUT2D eigenvalue weighted by Crippen LogP contribution is 2.67. The van der Waals surface area contributed by atoms with Crippen LogP contribution >= 0.6 is 15.9 Å². The second kappa shape index (κ2) is 5.51. The van der Waals surface area contributed by atoms with Gasteiger partial charge < -0.3 is 14.8 Å². The van der Waals surface area contributed by atoms with Crippen LogP contribution in [0.5, 0.6) is 11.5 Å². The van der Waals surface area contributed by atoms with Crippen molar-refractivity contribution < 1.29 is 14.3 Å². The number of ether oxygens (including phenoxy) is 2. The molecule has 2 fully saturated rings. The highest BCUT2D eigenvalue weighted by molar-refractivity contribution is 9.10. The van der Waals surface area contributed by atoms with Crippen LogP contribution in [0.2, 0.25) is 0 Å². The Morgan fingerprint density at radius 1 is 1.07 bits per heavy atom. The van der Waals surface area contributed by atoms with Gasteiger partial charge in [0.1, 0.15) is 0 Å². The molecule has 0 bridgehead atoms. The number of fused-ring (bicyclic) bond motifs is 6. The van der Waals surface area contributed by atoms with Crippen molar-refractivity contribution in [1.82, 2.24) is 0 Å². The third-order valence-corrected chi connectivity index (χ3v) is 7.54. The third kappa shape index (κ3) is 2.30. The molecule has 5 atom stereocenters. The van der Waals surface area contributed by atoms with Gasteiger partial charge in [-0.25, -0.2) is 0 Å². The fraction of sp³-hybridized carbons (Fsp3) is 0.409. The molecule has 1 N–H and O–H groups in total. The number of hydrogen-bond donors (Lipinski definition) is 1. The van der Waals surface area contributed by atoms with Crippen LogP contribution in [0.4, 0.5) is 5.69 Å². The van der Waals surface area contributed by atoms with Gasteiger partial charge in [-0.05, 0) is 84.9 Å². The molecule has 6 rings (SSSR count). The van der Waals surface area contributed by atoms with Crippen LogP contribution < -0.4 is 14.8 Å². The quantitative estimate of drug-likeness (QED) is 0.664. The van der Waals surface area contributed by atoms with E-state index in [4.69, 9.17) is 9.47 Å². The predicted molar refractivity (Wildman–Crippen MR) is 106 cm³/mol. The molecule has 2 aromatic rings. The normalized spacial score (nSPS) is 31.6. The predicted octanol–water partition coefficient (Wildman–Crippen LogP) is 5.29. The summed E-state index contributed by atoms with van der Waals surface area (Å²) in [4.78, 5) is 11.9. The lowest BCUT2D eigenvalue weighted by molar-refractivity contribution is 0.101. The number of anilines is 1.